The van der Waals surface area contributed by atoms with E-state index in [9.17, 15) is 4.79 Å². The molecule has 2 aromatic carbocycles. The summed E-state index contributed by atoms with van der Waals surface area (Å²) in [6.07, 6.45) is 1.97. The smallest absolute Gasteiger partial charge is 0.227 e. The fraction of sp³-hybridized carbons (Fsp3) is 0.286. The number of ether oxygens (including phenoxy) is 1. The van der Waals surface area contributed by atoms with E-state index in [1.54, 1.807) is 18.3 Å². The van der Waals surface area contributed by atoms with Crippen LogP contribution in [0.3, 0.4) is 0 Å². The second-order valence-corrected chi connectivity index (χ2v) is 6.61. The van der Waals surface area contributed by atoms with Gasteiger partial charge in [0.2, 0.25) is 5.91 Å². The number of amides is 1. The first-order valence-electron chi connectivity index (χ1n) is 8.52. The van der Waals surface area contributed by atoms with E-state index in [1.165, 1.54) is 0 Å². The first-order chi connectivity index (χ1) is 12.5. The third kappa shape index (κ3) is 3.82. The Hall–Kier alpha value is -2.95. The highest BCUT2D eigenvalue weighted by molar-refractivity contribution is 5.88. The van der Waals surface area contributed by atoms with Gasteiger partial charge in [-0.15, -0.1) is 0 Å². The number of methoxy groups -OCH3 is 1. The van der Waals surface area contributed by atoms with Crippen molar-refractivity contribution in [3.05, 3.63) is 59.9 Å². The number of fused-ring (bicyclic) bond motifs is 1. The van der Waals surface area contributed by atoms with E-state index in [2.05, 4.69) is 29.2 Å². The second kappa shape index (κ2) is 7.52. The van der Waals surface area contributed by atoms with Gasteiger partial charge in [0.15, 0.2) is 0 Å². The Balaban J connectivity index is 1.67. The Labute approximate surface area is 153 Å². The van der Waals surface area contributed by atoms with Crippen LogP contribution in [-0.2, 0) is 17.8 Å². The number of rotatable bonds is 6. The third-order valence-corrected chi connectivity index (χ3v) is 4.50. The molecule has 0 unspecified atom stereocenters. The van der Waals surface area contributed by atoms with Gasteiger partial charge < -0.3 is 19.0 Å². The third-order valence-electron chi connectivity index (χ3n) is 4.50. The van der Waals surface area contributed by atoms with Crippen LogP contribution < -0.4 is 9.64 Å². The highest BCUT2D eigenvalue weighted by Crippen LogP contribution is 2.26. The molecule has 0 saturated heterocycles. The fourth-order valence-corrected chi connectivity index (χ4v) is 2.89. The van der Waals surface area contributed by atoms with E-state index in [4.69, 9.17) is 9.15 Å². The van der Waals surface area contributed by atoms with Crippen molar-refractivity contribution < 1.29 is 13.9 Å². The highest BCUT2D eigenvalue weighted by Gasteiger charge is 2.15. The molecule has 0 aliphatic carbocycles. The quantitative estimate of drug-likeness (QED) is 0.678. The zero-order valence-corrected chi connectivity index (χ0v) is 15.7. The molecule has 1 amide bonds. The van der Waals surface area contributed by atoms with Crippen LogP contribution >= 0.6 is 0 Å². The lowest BCUT2D eigenvalue weighted by Gasteiger charge is -2.18. The normalized spacial score (nSPS) is 10.8. The molecule has 3 aromatic rings. The van der Waals surface area contributed by atoms with Crippen LogP contribution in [0.5, 0.6) is 5.75 Å². The van der Waals surface area contributed by atoms with Crippen molar-refractivity contribution in [2.45, 2.75) is 13.0 Å². The lowest BCUT2D eigenvalue weighted by Crippen LogP contribution is -2.27. The molecule has 0 spiro atoms. The van der Waals surface area contributed by atoms with Crippen molar-refractivity contribution in [2.24, 2.45) is 0 Å². The van der Waals surface area contributed by atoms with Crippen molar-refractivity contribution in [1.29, 1.82) is 0 Å². The number of carbonyl (C=O) groups is 1. The van der Waals surface area contributed by atoms with Crippen LogP contribution in [0.2, 0.25) is 0 Å². The largest absolute Gasteiger partial charge is 0.497 e. The molecule has 0 saturated carbocycles. The topological polar surface area (TPSA) is 45.9 Å². The minimum atomic E-state index is 0.0557. The van der Waals surface area contributed by atoms with Crippen molar-refractivity contribution in [1.82, 2.24) is 4.90 Å². The molecule has 3 rings (SSSR count). The van der Waals surface area contributed by atoms with E-state index in [-0.39, 0.29) is 5.91 Å². The molecule has 5 heteroatoms. The molecule has 0 aliphatic rings. The maximum Gasteiger partial charge on any atom is 0.227 e. The molecule has 1 heterocycles. The first kappa shape index (κ1) is 17.9. The van der Waals surface area contributed by atoms with E-state index < -0.39 is 0 Å². The predicted molar refractivity (Wildman–Crippen MR) is 104 cm³/mol. The summed E-state index contributed by atoms with van der Waals surface area (Å²) in [7, 11) is 7.47. The van der Waals surface area contributed by atoms with E-state index in [0.29, 0.717) is 13.0 Å². The van der Waals surface area contributed by atoms with Crippen LogP contribution in [0.1, 0.15) is 11.1 Å². The fourth-order valence-electron chi connectivity index (χ4n) is 2.89. The van der Waals surface area contributed by atoms with Gasteiger partial charge in [-0.25, -0.2) is 0 Å². The zero-order chi connectivity index (χ0) is 18.7. The second-order valence-electron chi connectivity index (χ2n) is 6.61. The summed E-state index contributed by atoms with van der Waals surface area (Å²) < 4.78 is 10.8. The zero-order valence-electron chi connectivity index (χ0n) is 15.7. The Kier molecular flexibility index (Phi) is 5.16. The molecule has 5 nitrogen and oxygen atoms in total. The van der Waals surface area contributed by atoms with E-state index >= 15 is 0 Å². The molecule has 0 atom stereocenters. The van der Waals surface area contributed by atoms with Gasteiger partial charge in [0.1, 0.15) is 11.3 Å². The standard InChI is InChI=1S/C21H24N2O3/c1-22(2)17-7-5-15(6-8-17)13-23(3)21(24)11-16-14-26-20-12-18(25-4)9-10-19(16)20/h5-10,12,14H,11,13H2,1-4H3. The summed E-state index contributed by atoms with van der Waals surface area (Å²) in [6.45, 7) is 0.580. The number of nitrogens with zero attached hydrogens (tertiary/aromatic N) is 2. The number of likely N-dealkylation sites (N-methyl/N-ethyl adjacent to an activating group) is 1. The number of hydrogen-bond acceptors (Lipinski definition) is 4. The van der Waals surface area contributed by atoms with Crippen LogP contribution in [-0.4, -0.2) is 39.1 Å². The average molecular weight is 352 g/mol. The van der Waals surface area contributed by atoms with Gasteiger partial charge in [-0.1, -0.05) is 12.1 Å². The van der Waals surface area contributed by atoms with Crippen molar-refractivity contribution in [2.75, 3.05) is 33.2 Å². The van der Waals surface area contributed by atoms with Crippen LogP contribution in [0.15, 0.2) is 53.1 Å². The predicted octanol–water partition coefficient (Wildman–Crippen LogP) is 3.71. The van der Waals surface area contributed by atoms with E-state index in [1.807, 2.05) is 39.3 Å². The molecule has 0 N–H and O–H groups in total. The van der Waals surface area contributed by atoms with Gasteiger partial charge in [-0.05, 0) is 29.8 Å². The van der Waals surface area contributed by atoms with Crippen LogP contribution in [0.4, 0.5) is 5.69 Å². The lowest BCUT2D eigenvalue weighted by molar-refractivity contribution is -0.129. The molecule has 0 aliphatic heterocycles. The Bertz CT molecular complexity index is 897. The Morgan fingerprint density at radius 2 is 1.81 bits per heavy atom. The summed E-state index contributed by atoms with van der Waals surface area (Å²) in [5.41, 5.74) is 3.87. The Morgan fingerprint density at radius 3 is 2.46 bits per heavy atom. The molecule has 26 heavy (non-hydrogen) atoms. The van der Waals surface area contributed by atoms with Crippen molar-refractivity contribution in [3.8, 4) is 5.75 Å². The number of furan rings is 1. The van der Waals surface area contributed by atoms with Gasteiger partial charge in [0.25, 0.3) is 0 Å². The van der Waals surface area contributed by atoms with Crippen molar-refractivity contribution >= 4 is 22.6 Å². The lowest BCUT2D eigenvalue weighted by atomic mass is 10.1. The summed E-state index contributed by atoms with van der Waals surface area (Å²) in [5.74, 6) is 0.795. The molecule has 0 fully saturated rings. The number of anilines is 1. The van der Waals surface area contributed by atoms with Crippen molar-refractivity contribution in [3.63, 3.8) is 0 Å². The Morgan fingerprint density at radius 1 is 1.08 bits per heavy atom. The molecular weight excluding hydrogens is 328 g/mol. The van der Waals surface area contributed by atoms with Gasteiger partial charge >= 0.3 is 0 Å². The SMILES string of the molecule is COc1ccc2c(CC(=O)N(C)Cc3ccc(N(C)C)cc3)coc2c1. The summed E-state index contributed by atoms with van der Waals surface area (Å²) in [6, 6.07) is 13.9. The monoisotopic (exact) mass is 352 g/mol. The molecule has 136 valence electrons. The molecule has 0 bridgehead atoms. The van der Waals surface area contributed by atoms with Gasteiger partial charge in [-0.3, -0.25) is 4.79 Å². The van der Waals surface area contributed by atoms with Gasteiger partial charge in [-0.2, -0.15) is 0 Å². The number of carbonyl (C=O) groups excluding carboxylic acids is 1. The minimum Gasteiger partial charge on any atom is -0.497 e. The average Bonchev–Trinajstić information content (AvgIpc) is 3.04. The minimum absolute atomic E-state index is 0.0557. The van der Waals surface area contributed by atoms with Gasteiger partial charge in [0.05, 0.1) is 19.8 Å². The highest BCUT2D eigenvalue weighted by atomic mass is 16.5. The summed E-state index contributed by atoms with van der Waals surface area (Å²) in [4.78, 5) is 16.4. The van der Waals surface area contributed by atoms with Crippen LogP contribution in [0.25, 0.3) is 11.0 Å². The first-order valence-corrected chi connectivity index (χ1v) is 8.52. The number of hydrogen-bond donors (Lipinski definition) is 0. The van der Waals surface area contributed by atoms with Crippen LogP contribution in [0, 0.1) is 0 Å². The summed E-state index contributed by atoms with van der Waals surface area (Å²) >= 11 is 0. The molecule has 0 radical (unpaired) electrons. The molecular formula is C21H24N2O3. The summed E-state index contributed by atoms with van der Waals surface area (Å²) in [5, 5.41) is 0.947. The van der Waals surface area contributed by atoms with E-state index in [0.717, 1.165) is 33.5 Å². The number of benzene rings is 2. The van der Waals surface area contributed by atoms with Gasteiger partial charge in [0, 0.05) is 50.4 Å². The maximum atomic E-state index is 12.6. The maximum absolute atomic E-state index is 12.6. The molecule has 1 aromatic heterocycles.